The van der Waals surface area contributed by atoms with E-state index in [1.807, 2.05) is 39.0 Å². The molecule has 1 aromatic heterocycles. The number of hydrogen-bond acceptors (Lipinski definition) is 3. The van der Waals surface area contributed by atoms with Crippen molar-refractivity contribution in [1.29, 1.82) is 0 Å². The minimum atomic E-state index is 0.269. The summed E-state index contributed by atoms with van der Waals surface area (Å²) in [5.74, 6) is 0.990. The molecule has 0 aliphatic carbocycles. The van der Waals surface area contributed by atoms with E-state index < -0.39 is 0 Å². The van der Waals surface area contributed by atoms with Gasteiger partial charge in [-0.1, -0.05) is 17.7 Å². The highest BCUT2D eigenvalue weighted by atomic mass is 79.9. The molecule has 0 unspecified atom stereocenters. The summed E-state index contributed by atoms with van der Waals surface area (Å²) in [6.07, 6.45) is 0. The molecule has 0 fully saturated rings. The number of nitrogens with zero attached hydrogens (tertiary/aromatic N) is 2. The third-order valence-corrected chi connectivity index (χ3v) is 3.40. The molecule has 0 saturated carbocycles. The zero-order chi connectivity index (χ0) is 13.3. The minimum Gasteiger partial charge on any atom is -0.435 e. The summed E-state index contributed by atoms with van der Waals surface area (Å²) >= 11 is 9.47. The Hall–Kier alpha value is -1.13. The summed E-state index contributed by atoms with van der Waals surface area (Å²) in [7, 11) is 0. The predicted molar refractivity (Wildman–Crippen MR) is 75.5 cm³/mol. The van der Waals surface area contributed by atoms with E-state index in [1.165, 1.54) is 0 Å². The third-order valence-electron chi connectivity index (χ3n) is 2.53. The molecule has 0 amide bonds. The average Bonchev–Trinajstić information content (AvgIpc) is 2.29. The second-order valence-corrected chi connectivity index (χ2v) is 5.24. The lowest BCUT2D eigenvalue weighted by Crippen LogP contribution is -1.97. The molecule has 3 nitrogen and oxygen atoms in total. The van der Waals surface area contributed by atoms with E-state index in [9.17, 15) is 0 Å². The second kappa shape index (κ2) is 5.24. The van der Waals surface area contributed by atoms with E-state index in [-0.39, 0.29) is 5.15 Å². The maximum absolute atomic E-state index is 6.02. The Kier molecular flexibility index (Phi) is 3.88. The van der Waals surface area contributed by atoms with Crippen molar-refractivity contribution in [3.8, 4) is 11.6 Å². The maximum Gasteiger partial charge on any atom is 0.257 e. The molecule has 0 bridgehead atoms. The van der Waals surface area contributed by atoms with E-state index in [4.69, 9.17) is 16.3 Å². The van der Waals surface area contributed by atoms with Gasteiger partial charge in [-0.3, -0.25) is 0 Å². The molecule has 18 heavy (non-hydrogen) atoms. The van der Waals surface area contributed by atoms with Crippen molar-refractivity contribution >= 4 is 27.5 Å². The molecule has 2 rings (SSSR count). The van der Waals surface area contributed by atoms with Crippen LogP contribution in [-0.4, -0.2) is 9.97 Å². The third kappa shape index (κ3) is 2.82. The molecule has 0 aliphatic heterocycles. The predicted octanol–water partition coefficient (Wildman–Crippen LogP) is 4.61. The number of aromatic nitrogens is 2. The fourth-order valence-corrected chi connectivity index (χ4v) is 2.19. The lowest BCUT2D eigenvalue weighted by Gasteiger charge is -2.10. The maximum atomic E-state index is 6.02. The molecule has 5 heteroatoms. The molecule has 0 aliphatic rings. The Bertz CT molecular complexity index is 602. The number of halogens is 2. The van der Waals surface area contributed by atoms with Gasteiger partial charge in [0, 0.05) is 0 Å². The fourth-order valence-electron chi connectivity index (χ4n) is 1.41. The number of rotatable bonds is 2. The van der Waals surface area contributed by atoms with Crippen molar-refractivity contribution in [2.45, 2.75) is 20.8 Å². The van der Waals surface area contributed by atoms with Crippen molar-refractivity contribution < 1.29 is 4.74 Å². The highest BCUT2D eigenvalue weighted by Gasteiger charge is 2.11. The van der Waals surface area contributed by atoms with Gasteiger partial charge in [-0.05, 0) is 54.4 Å². The molecule has 2 aromatic rings. The Morgan fingerprint density at radius 2 is 1.78 bits per heavy atom. The van der Waals surface area contributed by atoms with Gasteiger partial charge in [0.2, 0.25) is 0 Å². The Morgan fingerprint density at radius 1 is 1.11 bits per heavy atom. The summed E-state index contributed by atoms with van der Waals surface area (Å²) in [5, 5.41) is 0.269. The van der Waals surface area contributed by atoms with Crippen LogP contribution in [0.5, 0.6) is 11.6 Å². The lowest BCUT2D eigenvalue weighted by atomic mass is 10.2. The molecular weight excluding hydrogens is 316 g/mol. The number of ether oxygens (including phenoxy) is 1. The van der Waals surface area contributed by atoms with Crippen LogP contribution >= 0.6 is 27.5 Å². The van der Waals surface area contributed by atoms with Crippen molar-refractivity contribution in [3.63, 3.8) is 0 Å². The summed E-state index contributed by atoms with van der Waals surface area (Å²) in [6, 6.07) is 5.80. The van der Waals surface area contributed by atoms with Gasteiger partial charge in [0.05, 0.1) is 15.9 Å². The monoisotopic (exact) mass is 326 g/mol. The minimum absolute atomic E-state index is 0.269. The van der Waals surface area contributed by atoms with Crippen molar-refractivity contribution in [3.05, 3.63) is 44.8 Å². The highest BCUT2D eigenvalue weighted by Crippen LogP contribution is 2.32. The first-order valence-electron chi connectivity index (χ1n) is 5.42. The number of hydrogen-bond donors (Lipinski definition) is 0. The standard InChI is InChI=1S/C13H12BrClN2O/c1-7-4-5-11(10(14)6-7)18-13-12(15)16-8(2)9(3)17-13/h4-6H,1-3H3. The van der Waals surface area contributed by atoms with Gasteiger partial charge in [-0.2, -0.15) is 0 Å². The van der Waals surface area contributed by atoms with E-state index in [1.54, 1.807) is 0 Å². The smallest absolute Gasteiger partial charge is 0.257 e. The van der Waals surface area contributed by atoms with Gasteiger partial charge in [0.25, 0.3) is 5.88 Å². The highest BCUT2D eigenvalue weighted by molar-refractivity contribution is 9.10. The van der Waals surface area contributed by atoms with Crippen LogP contribution in [0.3, 0.4) is 0 Å². The molecule has 0 radical (unpaired) electrons. The van der Waals surface area contributed by atoms with E-state index in [0.717, 1.165) is 21.4 Å². The van der Waals surface area contributed by atoms with E-state index >= 15 is 0 Å². The van der Waals surface area contributed by atoms with Gasteiger partial charge >= 0.3 is 0 Å². The van der Waals surface area contributed by atoms with Gasteiger partial charge < -0.3 is 4.74 Å². The Labute approximate surface area is 119 Å². The van der Waals surface area contributed by atoms with Crippen molar-refractivity contribution in [1.82, 2.24) is 9.97 Å². The summed E-state index contributed by atoms with van der Waals surface area (Å²) in [5.41, 5.74) is 2.75. The largest absolute Gasteiger partial charge is 0.435 e. The van der Waals surface area contributed by atoms with Crippen LogP contribution in [0.25, 0.3) is 0 Å². The lowest BCUT2D eigenvalue weighted by molar-refractivity contribution is 0.455. The Balaban J connectivity index is 2.37. The average molecular weight is 328 g/mol. The first-order chi connectivity index (χ1) is 8.47. The van der Waals surface area contributed by atoms with Crippen molar-refractivity contribution in [2.75, 3.05) is 0 Å². The number of aryl methyl sites for hydroxylation is 3. The van der Waals surface area contributed by atoms with Gasteiger partial charge in [-0.25, -0.2) is 9.97 Å². The molecule has 0 N–H and O–H groups in total. The van der Waals surface area contributed by atoms with E-state index in [0.29, 0.717) is 11.6 Å². The first kappa shape index (κ1) is 13.3. The fraction of sp³-hybridized carbons (Fsp3) is 0.231. The molecule has 94 valence electrons. The van der Waals surface area contributed by atoms with Crippen LogP contribution in [0.4, 0.5) is 0 Å². The summed E-state index contributed by atoms with van der Waals surface area (Å²) in [6.45, 7) is 5.74. The summed E-state index contributed by atoms with van der Waals surface area (Å²) in [4.78, 5) is 8.47. The van der Waals surface area contributed by atoms with Crippen LogP contribution in [0, 0.1) is 20.8 Å². The van der Waals surface area contributed by atoms with E-state index in [2.05, 4.69) is 25.9 Å². The van der Waals surface area contributed by atoms with Gasteiger partial charge in [-0.15, -0.1) is 0 Å². The van der Waals surface area contributed by atoms with Crippen LogP contribution in [0.2, 0.25) is 5.15 Å². The summed E-state index contributed by atoms with van der Waals surface area (Å²) < 4.78 is 6.54. The topological polar surface area (TPSA) is 35.0 Å². The zero-order valence-electron chi connectivity index (χ0n) is 10.3. The normalized spacial score (nSPS) is 10.5. The molecule has 0 spiro atoms. The molecular formula is C13H12BrClN2O. The zero-order valence-corrected chi connectivity index (χ0v) is 12.6. The molecule has 0 atom stereocenters. The van der Waals surface area contributed by atoms with Gasteiger partial charge in [0.15, 0.2) is 5.15 Å². The van der Waals surface area contributed by atoms with Crippen LogP contribution in [0.15, 0.2) is 22.7 Å². The van der Waals surface area contributed by atoms with Crippen LogP contribution in [-0.2, 0) is 0 Å². The molecule has 0 saturated heterocycles. The van der Waals surface area contributed by atoms with Gasteiger partial charge in [0.1, 0.15) is 5.75 Å². The first-order valence-corrected chi connectivity index (χ1v) is 6.59. The van der Waals surface area contributed by atoms with Crippen LogP contribution < -0.4 is 4.74 Å². The SMILES string of the molecule is Cc1ccc(Oc2nc(C)c(C)nc2Cl)c(Br)c1. The Morgan fingerprint density at radius 3 is 2.44 bits per heavy atom. The second-order valence-electron chi connectivity index (χ2n) is 4.03. The van der Waals surface area contributed by atoms with Crippen molar-refractivity contribution in [2.24, 2.45) is 0 Å². The van der Waals surface area contributed by atoms with Crippen LogP contribution in [0.1, 0.15) is 17.0 Å². The quantitative estimate of drug-likeness (QED) is 0.808. The number of benzene rings is 1. The molecule has 1 heterocycles. The molecule has 1 aromatic carbocycles.